The van der Waals surface area contributed by atoms with Crippen LogP contribution < -0.4 is 10.9 Å². The van der Waals surface area contributed by atoms with Crippen LogP contribution >= 0.6 is 0 Å². The first-order valence-corrected chi connectivity index (χ1v) is 8.13. The van der Waals surface area contributed by atoms with Gasteiger partial charge in [0.05, 0.1) is 5.69 Å². The Labute approximate surface area is 149 Å². The van der Waals surface area contributed by atoms with Gasteiger partial charge in [0.25, 0.3) is 11.5 Å². The van der Waals surface area contributed by atoms with E-state index in [-0.39, 0.29) is 11.1 Å². The summed E-state index contributed by atoms with van der Waals surface area (Å²) in [7, 11) is 1.61. The number of nitrogens with one attached hydrogen (secondary N) is 1. The molecule has 0 radical (unpaired) electrons. The second-order valence-corrected chi connectivity index (χ2v) is 5.96. The second kappa shape index (κ2) is 6.33. The van der Waals surface area contributed by atoms with Gasteiger partial charge in [-0.3, -0.25) is 9.59 Å². The molecule has 0 spiro atoms. The van der Waals surface area contributed by atoms with Crippen LogP contribution in [0.5, 0.6) is 0 Å². The summed E-state index contributed by atoms with van der Waals surface area (Å²) in [5, 5.41) is 2.75. The summed E-state index contributed by atoms with van der Waals surface area (Å²) in [6, 6.07) is 16.4. The number of anilines is 1. The standard InChI is InChI=1S/C20H16N4O2/c1-23-11-4-5-16(20(23)26)19(25)21-15-9-7-14(8-10-15)17-13-24-12-3-2-6-18(24)22-17/h2-13H,1H3,(H,21,25). The lowest BCUT2D eigenvalue weighted by molar-refractivity contribution is 0.102. The maximum atomic E-state index is 12.3. The molecule has 1 N–H and O–H groups in total. The topological polar surface area (TPSA) is 68.4 Å². The molecule has 4 aromatic rings. The fraction of sp³-hybridized carbons (Fsp3) is 0.0500. The van der Waals surface area contributed by atoms with Crippen LogP contribution in [0.3, 0.4) is 0 Å². The number of aromatic nitrogens is 3. The predicted octanol–water partition coefficient (Wildman–Crippen LogP) is 2.95. The lowest BCUT2D eigenvalue weighted by atomic mass is 10.1. The fourth-order valence-corrected chi connectivity index (χ4v) is 2.77. The first kappa shape index (κ1) is 15.8. The van der Waals surface area contributed by atoms with Gasteiger partial charge < -0.3 is 14.3 Å². The van der Waals surface area contributed by atoms with E-state index >= 15 is 0 Å². The third-order valence-electron chi connectivity index (χ3n) is 4.17. The zero-order chi connectivity index (χ0) is 18.1. The Morgan fingerprint density at radius 1 is 1.00 bits per heavy atom. The number of nitrogens with zero attached hydrogens (tertiary/aromatic N) is 3. The van der Waals surface area contributed by atoms with Gasteiger partial charge in [0.1, 0.15) is 11.2 Å². The van der Waals surface area contributed by atoms with Gasteiger partial charge in [0.2, 0.25) is 0 Å². The van der Waals surface area contributed by atoms with E-state index in [9.17, 15) is 9.59 Å². The van der Waals surface area contributed by atoms with E-state index in [1.54, 1.807) is 31.4 Å². The van der Waals surface area contributed by atoms with Gasteiger partial charge in [0, 0.05) is 36.9 Å². The Kier molecular flexibility index (Phi) is 3.85. The largest absolute Gasteiger partial charge is 0.322 e. The zero-order valence-corrected chi connectivity index (χ0v) is 14.1. The van der Waals surface area contributed by atoms with E-state index in [0.717, 1.165) is 16.9 Å². The van der Waals surface area contributed by atoms with Crippen molar-refractivity contribution in [3.63, 3.8) is 0 Å². The summed E-state index contributed by atoms with van der Waals surface area (Å²) in [6.45, 7) is 0. The molecule has 0 saturated carbocycles. The van der Waals surface area contributed by atoms with Gasteiger partial charge in [-0.25, -0.2) is 4.98 Å². The molecule has 128 valence electrons. The van der Waals surface area contributed by atoms with E-state index in [1.165, 1.54) is 10.6 Å². The lowest BCUT2D eigenvalue weighted by Crippen LogP contribution is -2.26. The minimum Gasteiger partial charge on any atom is -0.322 e. The van der Waals surface area contributed by atoms with Gasteiger partial charge in [0.15, 0.2) is 0 Å². The summed E-state index contributed by atoms with van der Waals surface area (Å²) < 4.78 is 3.33. The number of aryl methyl sites for hydroxylation is 1. The number of amides is 1. The molecule has 1 amide bonds. The first-order valence-electron chi connectivity index (χ1n) is 8.13. The lowest BCUT2D eigenvalue weighted by Gasteiger charge is -2.06. The number of rotatable bonds is 3. The van der Waals surface area contributed by atoms with Gasteiger partial charge in [-0.05, 0) is 36.4 Å². The van der Waals surface area contributed by atoms with Crippen LogP contribution in [0.2, 0.25) is 0 Å². The van der Waals surface area contributed by atoms with Crippen molar-refractivity contribution in [1.29, 1.82) is 0 Å². The van der Waals surface area contributed by atoms with Crippen LogP contribution in [0, 0.1) is 0 Å². The molecule has 0 aliphatic rings. The van der Waals surface area contributed by atoms with Crippen molar-refractivity contribution in [2.75, 3.05) is 5.32 Å². The van der Waals surface area contributed by atoms with Crippen LogP contribution in [0.4, 0.5) is 5.69 Å². The molecular weight excluding hydrogens is 328 g/mol. The van der Waals surface area contributed by atoms with Crippen LogP contribution in [0.1, 0.15) is 10.4 Å². The Hall–Kier alpha value is -3.67. The molecule has 6 nitrogen and oxygen atoms in total. The molecule has 0 atom stereocenters. The molecule has 6 heteroatoms. The Morgan fingerprint density at radius 3 is 2.58 bits per heavy atom. The Balaban J connectivity index is 1.57. The fourth-order valence-electron chi connectivity index (χ4n) is 2.77. The molecule has 1 aromatic carbocycles. The number of carbonyl (C=O) groups excluding carboxylic acids is 1. The van der Waals surface area contributed by atoms with Crippen LogP contribution in [-0.2, 0) is 7.05 Å². The SMILES string of the molecule is Cn1cccc(C(=O)Nc2ccc(-c3cn4ccccc4n3)cc2)c1=O. The third-order valence-corrected chi connectivity index (χ3v) is 4.17. The van der Waals surface area contributed by atoms with Crippen LogP contribution in [0.25, 0.3) is 16.9 Å². The first-order chi connectivity index (χ1) is 12.6. The Bertz CT molecular complexity index is 1120. The molecular formula is C20H16N4O2. The third kappa shape index (κ3) is 2.88. The van der Waals surface area contributed by atoms with Crippen molar-refractivity contribution < 1.29 is 4.79 Å². The average molecular weight is 344 g/mol. The molecule has 0 unspecified atom stereocenters. The van der Waals surface area contributed by atoms with Crippen LogP contribution in [-0.4, -0.2) is 19.9 Å². The normalized spacial score (nSPS) is 10.8. The smallest absolute Gasteiger partial charge is 0.263 e. The van der Waals surface area contributed by atoms with Crippen molar-refractivity contribution in [3.8, 4) is 11.3 Å². The monoisotopic (exact) mass is 344 g/mol. The highest BCUT2D eigenvalue weighted by atomic mass is 16.2. The highest BCUT2D eigenvalue weighted by Crippen LogP contribution is 2.21. The molecule has 3 aromatic heterocycles. The average Bonchev–Trinajstić information content (AvgIpc) is 3.08. The Morgan fingerprint density at radius 2 is 1.81 bits per heavy atom. The van der Waals surface area contributed by atoms with E-state index < -0.39 is 5.91 Å². The van der Waals surface area contributed by atoms with Crippen molar-refractivity contribution in [1.82, 2.24) is 14.0 Å². The van der Waals surface area contributed by atoms with E-state index in [0.29, 0.717) is 5.69 Å². The highest BCUT2D eigenvalue weighted by Gasteiger charge is 2.11. The maximum Gasteiger partial charge on any atom is 0.263 e. The number of hydrogen-bond donors (Lipinski definition) is 1. The molecule has 3 heterocycles. The summed E-state index contributed by atoms with van der Waals surface area (Å²) in [5.74, 6) is -0.424. The quantitative estimate of drug-likeness (QED) is 0.621. The molecule has 0 fully saturated rings. The molecule has 26 heavy (non-hydrogen) atoms. The summed E-state index contributed by atoms with van der Waals surface area (Å²) in [5.41, 5.74) is 3.08. The summed E-state index contributed by atoms with van der Waals surface area (Å²) in [4.78, 5) is 28.9. The van der Waals surface area contributed by atoms with Crippen LogP contribution in [0.15, 0.2) is 78.0 Å². The zero-order valence-electron chi connectivity index (χ0n) is 14.1. The minimum absolute atomic E-state index is 0.111. The van der Waals surface area contributed by atoms with E-state index in [2.05, 4.69) is 10.3 Å². The number of imidazole rings is 1. The number of pyridine rings is 2. The highest BCUT2D eigenvalue weighted by molar-refractivity contribution is 6.04. The molecule has 0 bridgehead atoms. The second-order valence-electron chi connectivity index (χ2n) is 5.96. The molecule has 0 aliphatic heterocycles. The van der Waals surface area contributed by atoms with E-state index in [1.807, 2.05) is 47.1 Å². The summed E-state index contributed by atoms with van der Waals surface area (Å²) >= 11 is 0. The van der Waals surface area contributed by atoms with Crippen molar-refractivity contribution in [2.45, 2.75) is 0 Å². The van der Waals surface area contributed by atoms with Crippen molar-refractivity contribution in [3.05, 3.63) is 89.1 Å². The molecule has 4 rings (SSSR count). The van der Waals surface area contributed by atoms with Crippen molar-refractivity contribution >= 4 is 17.2 Å². The van der Waals surface area contributed by atoms with E-state index in [4.69, 9.17) is 0 Å². The van der Waals surface area contributed by atoms with Gasteiger partial charge in [-0.1, -0.05) is 18.2 Å². The minimum atomic E-state index is -0.424. The van der Waals surface area contributed by atoms with Gasteiger partial charge in [-0.2, -0.15) is 0 Å². The molecule has 0 aliphatic carbocycles. The number of hydrogen-bond acceptors (Lipinski definition) is 3. The maximum absolute atomic E-state index is 12.3. The van der Waals surface area contributed by atoms with Gasteiger partial charge in [-0.15, -0.1) is 0 Å². The predicted molar refractivity (Wildman–Crippen MR) is 100 cm³/mol. The van der Waals surface area contributed by atoms with Gasteiger partial charge >= 0.3 is 0 Å². The number of carbonyl (C=O) groups is 1. The number of benzene rings is 1. The van der Waals surface area contributed by atoms with Crippen molar-refractivity contribution in [2.24, 2.45) is 7.05 Å². The molecule has 0 saturated heterocycles. The summed E-state index contributed by atoms with van der Waals surface area (Å²) in [6.07, 6.45) is 5.51. The number of fused-ring (bicyclic) bond motifs is 1.